The molecule has 1 aromatic heterocycles. The maximum absolute atomic E-state index is 4.38. The van der Waals surface area contributed by atoms with Gasteiger partial charge in [0.25, 0.3) is 0 Å². The van der Waals surface area contributed by atoms with Crippen molar-refractivity contribution in [2.45, 2.75) is 33.2 Å². The second-order valence-corrected chi connectivity index (χ2v) is 6.28. The zero-order valence-corrected chi connectivity index (χ0v) is 15.0. The van der Waals surface area contributed by atoms with Crippen LogP contribution in [0.4, 0.5) is 0 Å². The lowest BCUT2D eigenvalue weighted by molar-refractivity contribution is 0.266. The summed E-state index contributed by atoms with van der Waals surface area (Å²) in [6, 6.07) is 0. The van der Waals surface area contributed by atoms with Crippen LogP contribution in [0.15, 0.2) is 11.2 Å². The molecule has 1 aliphatic rings. The quantitative estimate of drug-likeness (QED) is 0.477. The third-order valence-corrected chi connectivity index (χ3v) is 4.15. The molecule has 0 bridgehead atoms. The van der Waals surface area contributed by atoms with Gasteiger partial charge in [0.1, 0.15) is 5.01 Å². The highest BCUT2D eigenvalue weighted by molar-refractivity contribution is 14.0. The molecule has 2 heterocycles. The van der Waals surface area contributed by atoms with Gasteiger partial charge in [-0.05, 0) is 25.7 Å². The van der Waals surface area contributed by atoms with Gasteiger partial charge in [0.05, 0.1) is 6.54 Å². The van der Waals surface area contributed by atoms with E-state index < -0.39 is 0 Å². The molecule has 0 saturated carbocycles. The number of nitrogens with one attached hydrogen (secondary N) is 1. The number of likely N-dealkylation sites (tertiary alicyclic amines) is 1. The van der Waals surface area contributed by atoms with Crippen LogP contribution in [0.25, 0.3) is 0 Å². The summed E-state index contributed by atoms with van der Waals surface area (Å²) >= 11 is 1.74. The molecule has 1 aliphatic heterocycles. The molecule has 0 aliphatic carbocycles. The van der Waals surface area contributed by atoms with E-state index in [0.717, 1.165) is 36.5 Å². The first-order chi connectivity index (χ1) is 8.69. The predicted octanol–water partition coefficient (Wildman–Crippen LogP) is 2.88. The standard InChI is InChI=1S/C13H22N4S.HI/c1-10-5-4-6-17(9-10)13(14-3)16-8-12-15-7-11(2)18-12;/h7,10H,4-6,8-9H2,1-3H3,(H,14,16);1H. The van der Waals surface area contributed by atoms with Crippen molar-refractivity contribution in [2.75, 3.05) is 20.1 Å². The molecule has 1 N–H and O–H groups in total. The SMILES string of the molecule is CN=C(NCc1ncc(C)s1)N1CCCC(C)C1.I. The van der Waals surface area contributed by atoms with Crippen LogP contribution >= 0.6 is 35.3 Å². The maximum Gasteiger partial charge on any atom is 0.194 e. The minimum Gasteiger partial charge on any atom is -0.350 e. The molecule has 19 heavy (non-hydrogen) atoms. The monoisotopic (exact) mass is 394 g/mol. The second kappa shape index (κ2) is 8.04. The summed E-state index contributed by atoms with van der Waals surface area (Å²) in [6.45, 7) is 7.39. The molecule has 0 amide bonds. The van der Waals surface area contributed by atoms with Gasteiger partial charge in [0.15, 0.2) is 5.96 Å². The second-order valence-electron chi connectivity index (χ2n) is 4.96. The van der Waals surface area contributed by atoms with Gasteiger partial charge in [0, 0.05) is 31.2 Å². The average Bonchev–Trinajstić information content (AvgIpc) is 2.76. The third-order valence-electron chi connectivity index (χ3n) is 3.24. The van der Waals surface area contributed by atoms with E-state index in [2.05, 4.69) is 34.0 Å². The van der Waals surface area contributed by atoms with Crippen LogP contribution in [0, 0.1) is 12.8 Å². The minimum atomic E-state index is 0. The highest BCUT2D eigenvalue weighted by atomic mass is 127. The number of nitrogens with zero attached hydrogens (tertiary/aromatic N) is 3. The van der Waals surface area contributed by atoms with Gasteiger partial charge in [-0.1, -0.05) is 6.92 Å². The first-order valence-corrected chi connectivity index (χ1v) is 7.37. The number of hydrogen-bond donors (Lipinski definition) is 1. The summed E-state index contributed by atoms with van der Waals surface area (Å²) in [5.41, 5.74) is 0. The summed E-state index contributed by atoms with van der Waals surface area (Å²) < 4.78 is 0. The topological polar surface area (TPSA) is 40.5 Å². The van der Waals surface area contributed by atoms with Crippen molar-refractivity contribution in [3.05, 3.63) is 16.1 Å². The van der Waals surface area contributed by atoms with Gasteiger partial charge in [-0.25, -0.2) is 4.98 Å². The summed E-state index contributed by atoms with van der Waals surface area (Å²) in [5, 5.41) is 4.54. The number of aromatic nitrogens is 1. The molecule has 0 spiro atoms. The molecule has 1 fully saturated rings. The number of piperidine rings is 1. The van der Waals surface area contributed by atoms with E-state index in [1.165, 1.54) is 17.7 Å². The fraction of sp³-hybridized carbons (Fsp3) is 0.692. The van der Waals surface area contributed by atoms with Crippen LogP contribution in [0.2, 0.25) is 0 Å². The first kappa shape index (κ1) is 16.7. The van der Waals surface area contributed by atoms with Crippen molar-refractivity contribution in [2.24, 2.45) is 10.9 Å². The lowest BCUT2D eigenvalue weighted by atomic mass is 10.0. The van der Waals surface area contributed by atoms with Crippen molar-refractivity contribution in [3.63, 3.8) is 0 Å². The Balaban J connectivity index is 0.00000180. The normalized spacial score (nSPS) is 20.1. The van der Waals surface area contributed by atoms with Crippen LogP contribution in [-0.4, -0.2) is 36.0 Å². The Kier molecular flexibility index (Phi) is 7.06. The number of halogens is 1. The number of thiazole rings is 1. The zero-order valence-electron chi connectivity index (χ0n) is 11.8. The number of rotatable bonds is 2. The number of aliphatic imine (C=N–C) groups is 1. The van der Waals surface area contributed by atoms with E-state index in [1.807, 2.05) is 13.2 Å². The van der Waals surface area contributed by atoms with Gasteiger partial charge < -0.3 is 10.2 Å². The molecule has 108 valence electrons. The molecule has 1 unspecified atom stereocenters. The predicted molar refractivity (Wildman–Crippen MR) is 92.4 cm³/mol. The highest BCUT2D eigenvalue weighted by Gasteiger charge is 2.19. The Morgan fingerprint density at radius 2 is 2.42 bits per heavy atom. The van der Waals surface area contributed by atoms with E-state index in [4.69, 9.17) is 0 Å². The van der Waals surface area contributed by atoms with E-state index in [0.29, 0.717) is 0 Å². The molecule has 1 aromatic rings. The van der Waals surface area contributed by atoms with Crippen LogP contribution in [0.5, 0.6) is 0 Å². The molecule has 1 saturated heterocycles. The number of guanidine groups is 1. The summed E-state index contributed by atoms with van der Waals surface area (Å²) in [5.74, 6) is 1.77. The molecule has 6 heteroatoms. The van der Waals surface area contributed by atoms with Crippen LogP contribution in [0.3, 0.4) is 0 Å². The molecule has 4 nitrogen and oxygen atoms in total. The highest BCUT2D eigenvalue weighted by Crippen LogP contribution is 2.16. The smallest absolute Gasteiger partial charge is 0.194 e. The fourth-order valence-corrected chi connectivity index (χ4v) is 3.08. The summed E-state index contributed by atoms with van der Waals surface area (Å²) in [7, 11) is 1.86. The average molecular weight is 394 g/mol. The van der Waals surface area contributed by atoms with E-state index >= 15 is 0 Å². The Bertz CT molecular complexity index is 419. The van der Waals surface area contributed by atoms with E-state index in [-0.39, 0.29) is 24.0 Å². The van der Waals surface area contributed by atoms with Crippen LogP contribution < -0.4 is 5.32 Å². The minimum absolute atomic E-state index is 0. The largest absolute Gasteiger partial charge is 0.350 e. The van der Waals surface area contributed by atoms with Crippen LogP contribution in [-0.2, 0) is 6.54 Å². The van der Waals surface area contributed by atoms with Crippen molar-refractivity contribution >= 4 is 41.3 Å². The molecular formula is C13H23IN4S. The fourth-order valence-electron chi connectivity index (χ4n) is 2.35. The van der Waals surface area contributed by atoms with Gasteiger partial charge in [0.2, 0.25) is 0 Å². The van der Waals surface area contributed by atoms with E-state index in [9.17, 15) is 0 Å². The maximum atomic E-state index is 4.38. The third kappa shape index (κ3) is 4.91. The van der Waals surface area contributed by atoms with Crippen molar-refractivity contribution in [3.8, 4) is 0 Å². The van der Waals surface area contributed by atoms with Gasteiger partial charge >= 0.3 is 0 Å². The summed E-state index contributed by atoms with van der Waals surface area (Å²) in [4.78, 5) is 12.4. The molecule has 0 radical (unpaired) electrons. The molecule has 2 rings (SSSR count). The summed E-state index contributed by atoms with van der Waals surface area (Å²) in [6.07, 6.45) is 4.52. The Hall–Kier alpha value is -0.370. The van der Waals surface area contributed by atoms with E-state index in [1.54, 1.807) is 11.3 Å². The zero-order chi connectivity index (χ0) is 13.0. The lowest BCUT2D eigenvalue weighted by Gasteiger charge is -2.33. The Labute approximate surface area is 136 Å². The lowest BCUT2D eigenvalue weighted by Crippen LogP contribution is -2.45. The van der Waals surface area contributed by atoms with Gasteiger partial charge in [-0.2, -0.15) is 0 Å². The van der Waals surface area contributed by atoms with Crippen LogP contribution in [0.1, 0.15) is 29.7 Å². The Morgan fingerprint density at radius 3 is 3.00 bits per heavy atom. The molecule has 1 atom stereocenters. The number of hydrogen-bond acceptors (Lipinski definition) is 3. The van der Waals surface area contributed by atoms with Crippen molar-refractivity contribution < 1.29 is 0 Å². The molecular weight excluding hydrogens is 371 g/mol. The van der Waals surface area contributed by atoms with Crippen molar-refractivity contribution in [1.82, 2.24) is 15.2 Å². The van der Waals surface area contributed by atoms with Crippen molar-refractivity contribution in [1.29, 1.82) is 0 Å². The Morgan fingerprint density at radius 1 is 1.63 bits per heavy atom. The van der Waals surface area contributed by atoms with Gasteiger partial charge in [-0.3, -0.25) is 4.99 Å². The molecule has 0 aromatic carbocycles. The number of aryl methyl sites for hydroxylation is 1. The first-order valence-electron chi connectivity index (χ1n) is 6.56. The van der Waals surface area contributed by atoms with Gasteiger partial charge in [-0.15, -0.1) is 35.3 Å².